The van der Waals surface area contributed by atoms with Crippen LogP contribution in [0, 0.1) is 5.92 Å². The van der Waals surface area contributed by atoms with Gasteiger partial charge in [0.05, 0.1) is 6.54 Å². The molecule has 4 rings (SSSR count). The molecule has 0 N–H and O–H groups in total. The summed E-state index contributed by atoms with van der Waals surface area (Å²) >= 11 is 0. The van der Waals surface area contributed by atoms with Crippen LogP contribution >= 0.6 is 0 Å². The fourth-order valence-electron chi connectivity index (χ4n) is 4.13. The van der Waals surface area contributed by atoms with Gasteiger partial charge in [0.1, 0.15) is 0 Å². The average Bonchev–Trinajstić information content (AvgIpc) is 3.03. The first-order chi connectivity index (χ1) is 12.7. The maximum Gasteiger partial charge on any atom is 0.350 e. The van der Waals surface area contributed by atoms with Crippen molar-refractivity contribution in [3.8, 4) is 0 Å². The lowest BCUT2D eigenvalue weighted by molar-refractivity contribution is -0.138. The van der Waals surface area contributed by atoms with Crippen molar-refractivity contribution in [2.75, 3.05) is 32.7 Å². The van der Waals surface area contributed by atoms with Gasteiger partial charge in [-0.05, 0) is 57.3 Å². The normalized spacial score (nSPS) is 19.9. The van der Waals surface area contributed by atoms with Crippen LogP contribution in [0.2, 0.25) is 0 Å². The predicted octanol–water partition coefficient (Wildman–Crippen LogP) is 1.22. The monoisotopic (exact) mass is 357 g/mol. The number of aromatic nitrogens is 3. The second-order valence-electron chi connectivity index (χ2n) is 7.44. The summed E-state index contributed by atoms with van der Waals surface area (Å²) in [5, 5.41) is 4.38. The number of rotatable bonds is 4. The fraction of sp³-hybridized carbons (Fsp3) is 0.632. The molecule has 2 aliphatic heterocycles. The number of amides is 1. The van der Waals surface area contributed by atoms with Crippen LogP contribution in [-0.4, -0.2) is 62.6 Å². The van der Waals surface area contributed by atoms with Crippen molar-refractivity contribution in [1.82, 2.24) is 24.0 Å². The molecule has 26 heavy (non-hydrogen) atoms. The molecule has 0 radical (unpaired) electrons. The Morgan fingerprint density at radius 3 is 2.54 bits per heavy atom. The summed E-state index contributed by atoms with van der Waals surface area (Å²) in [6.45, 7) is 5.12. The minimum absolute atomic E-state index is 0.0873. The van der Waals surface area contributed by atoms with Crippen molar-refractivity contribution < 1.29 is 4.79 Å². The Labute approximate surface area is 153 Å². The van der Waals surface area contributed by atoms with Crippen molar-refractivity contribution in [3.05, 3.63) is 34.9 Å². The Kier molecular flexibility index (Phi) is 5.06. The zero-order valence-corrected chi connectivity index (χ0v) is 15.2. The van der Waals surface area contributed by atoms with Gasteiger partial charge in [-0.25, -0.2) is 9.48 Å². The van der Waals surface area contributed by atoms with Crippen LogP contribution in [0.15, 0.2) is 29.2 Å². The van der Waals surface area contributed by atoms with Gasteiger partial charge in [0.15, 0.2) is 5.65 Å². The van der Waals surface area contributed by atoms with Crippen molar-refractivity contribution in [1.29, 1.82) is 0 Å². The van der Waals surface area contributed by atoms with Crippen molar-refractivity contribution in [3.63, 3.8) is 0 Å². The third-order valence-electron chi connectivity index (χ3n) is 5.72. The molecule has 2 aromatic heterocycles. The number of fused-ring (bicyclic) bond motifs is 1. The van der Waals surface area contributed by atoms with Gasteiger partial charge in [-0.2, -0.15) is 0 Å². The summed E-state index contributed by atoms with van der Waals surface area (Å²) in [6, 6.07) is 5.57. The lowest BCUT2D eigenvalue weighted by Gasteiger charge is -2.35. The molecule has 1 amide bonds. The first kappa shape index (κ1) is 17.3. The van der Waals surface area contributed by atoms with E-state index >= 15 is 0 Å². The number of nitrogens with zero attached hydrogens (tertiary/aromatic N) is 5. The Balaban J connectivity index is 1.29. The van der Waals surface area contributed by atoms with Crippen LogP contribution in [-0.2, 0) is 11.3 Å². The lowest BCUT2D eigenvalue weighted by Crippen LogP contribution is -2.45. The molecule has 4 heterocycles. The van der Waals surface area contributed by atoms with E-state index in [9.17, 15) is 9.59 Å². The molecule has 0 bridgehead atoms. The van der Waals surface area contributed by atoms with Gasteiger partial charge in [0.2, 0.25) is 5.91 Å². The highest BCUT2D eigenvalue weighted by Gasteiger charge is 2.29. The molecule has 0 atom stereocenters. The van der Waals surface area contributed by atoms with Gasteiger partial charge in [0.25, 0.3) is 0 Å². The molecule has 140 valence electrons. The quantitative estimate of drug-likeness (QED) is 0.825. The molecule has 2 aromatic rings. The highest BCUT2D eigenvalue weighted by atomic mass is 16.2. The van der Waals surface area contributed by atoms with E-state index in [0.29, 0.717) is 18.1 Å². The van der Waals surface area contributed by atoms with Gasteiger partial charge in [-0.15, -0.1) is 5.10 Å². The number of carbonyl (C=O) groups is 1. The van der Waals surface area contributed by atoms with E-state index in [2.05, 4.69) is 14.9 Å². The second kappa shape index (κ2) is 7.61. The molecule has 7 heteroatoms. The summed E-state index contributed by atoms with van der Waals surface area (Å²) in [6.07, 6.45) is 7.16. The maximum absolute atomic E-state index is 12.6. The van der Waals surface area contributed by atoms with Crippen LogP contribution < -0.4 is 5.69 Å². The van der Waals surface area contributed by atoms with E-state index in [-0.39, 0.29) is 11.6 Å². The van der Waals surface area contributed by atoms with E-state index in [1.165, 1.54) is 6.42 Å². The van der Waals surface area contributed by atoms with Crippen LogP contribution in [0.5, 0.6) is 0 Å². The van der Waals surface area contributed by atoms with Crippen molar-refractivity contribution in [2.45, 2.75) is 38.6 Å². The number of hydrogen-bond donors (Lipinski definition) is 0. The Bertz CT molecular complexity index is 813. The molecule has 0 saturated carbocycles. The number of hydrogen-bond acceptors (Lipinski definition) is 4. The van der Waals surface area contributed by atoms with Gasteiger partial charge < -0.3 is 9.80 Å². The molecule has 0 aromatic carbocycles. The average molecular weight is 357 g/mol. The fourth-order valence-corrected chi connectivity index (χ4v) is 4.13. The minimum Gasteiger partial charge on any atom is -0.342 e. The van der Waals surface area contributed by atoms with Crippen molar-refractivity contribution >= 4 is 11.6 Å². The zero-order chi connectivity index (χ0) is 17.9. The van der Waals surface area contributed by atoms with Crippen LogP contribution in [0.3, 0.4) is 0 Å². The number of pyridine rings is 1. The highest BCUT2D eigenvalue weighted by Crippen LogP contribution is 2.21. The SMILES string of the molecule is O=C(C1CCN(CCn2nc3ccccn3c2=O)CC1)N1CCCCC1. The Hall–Kier alpha value is -2.15. The van der Waals surface area contributed by atoms with Crippen LogP contribution in [0.25, 0.3) is 5.65 Å². The minimum atomic E-state index is -0.0873. The summed E-state index contributed by atoms with van der Waals surface area (Å²) in [5.41, 5.74) is 0.596. The molecule has 0 unspecified atom stereocenters. The molecule has 2 saturated heterocycles. The standard InChI is InChI=1S/C19H27N5O2/c25-18(22-9-3-1-4-10-22)16-7-12-21(13-8-16)14-15-24-19(26)23-11-5-2-6-17(23)20-24/h2,5-6,11,16H,1,3-4,7-10,12-15H2. The highest BCUT2D eigenvalue weighted by molar-refractivity contribution is 5.79. The molecule has 2 fully saturated rings. The number of carbonyl (C=O) groups excluding carboxylic acids is 1. The zero-order valence-electron chi connectivity index (χ0n) is 15.2. The molecule has 0 aliphatic carbocycles. The molecule has 0 spiro atoms. The maximum atomic E-state index is 12.6. The van der Waals surface area contributed by atoms with Gasteiger partial charge in [0, 0.05) is 31.7 Å². The third-order valence-corrected chi connectivity index (χ3v) is 5.72. The molecule has 2 aliphatic rings. The first-order valence-electron chi connectivity index (χ1n) is 9.78. The predicted molar refractivity (Wildman–Crippen MR) is 99.0 cm³/mol. The summed E-state index contributed by atoms with van der Waals surface area (Å²) in [4.78, 5) is 29.4. The van der Waals surface area contributed by atoms with E-state index in [4.69, 9.17) is 0 Å². The van der Waals surface area contributed by atoms with E-state index in [1.54, 1.807) is 15.3 Å². The molecule has 7 nitrogen and oxygen atoms in total. The Morgan fingerprint density at radius 2 is 1.81 bits per heavy atom. The summed E-state index contributed by atoms with van der Waals surface area (Å²) in [7, 11) is 0. The molecular formula is C19H27N5O2. The van der Waals surface area contributed by atoms with E-state index in [0.717, 1.165) is 58.4 Å². The van der Waals surface area contributed by atoms with Gasteiger partial charge in [-0.1, -0.05) is 6.07 Å². The topological polar surface area (TPSA) is 62.9 Å². The second-order valence-corrected chi connectivity index (χ2v) is 7.44. The van der Waals surface area contributed by atoms with Crippen LogP contribution in [0.1, 0.15) is 32.1 Å². The summed E-state index contributed by atoms with van der Waals surface area (Å²) in [5.74, 6) is 0.545. The summed E-state index contributed by atoms with van der Waals surface area (Å²) < 4.78 is 3.11. The number of piperidine rings is 2. The van der Waals surface area contributed by atoms with E-state index in [1.807, 2.05) is 18.2 Å². The van der Waals surface area contributed by atoms with E-state index < -0.39 is 0 Å². The third kappa shape index (κ3) is 3.53. The largest absolute Gasteiger partial charge is 0.350 e. The number of likely N-dealkylation sites (tertiary alicyclic amines) is 2. The van der Waals surface area contributed by atoms with Crippen LogP contribution in [0.4, 0.5) is 0 Å². The van der Waals surface area contributed by atoms with Gasteiger partial charge in [-0.3, -0.25) is 9.20 Å². The first-order valence-corrected chi connectivity index (χ1v) is 9.78. The lowest BCUT2D eigenvalue weighted by atomic mass is 9.94. The smallest absolute Gasteiger partial charge is 0.342 e. The van der Waals surface area contributed by atoms with Crippen molar-refractivity contribution in [2.24, 2.45) is 5.92 Å². The Morgan fingerprint density at radius 1 is 1.04 bits per heavy atom. The van der Waals surface area contributed by atoms with Gasteiger partial charge >= 0.3 is 5.69 Å². The molecular weight excluding hydrogens is 330 g/mol.